The van der Waals surface area contributed by atoms with Crippen LogP contribution in [0.4, 0.5) is 10.5 Å². The van der Waals surface area contributed by atoms with Crippen LogP contribution < -0.4 is 5.32 Å². The highest BCUT2D eigenvalue weighted by molar-refractivity contribution is 5.89. The van der Waals surface area contributed by atoms with E-state index in [2.05, 4.69) is 5.32 Å². The molecule has 0 spiro atoms. The second-order valence-corrected chi connectivity index (χ2v) is 4.00. The fourth-order valence-corrected chi connectivity index (χ4v) is 1.08. The van der Waals surface area contributed by atoms with Gasteiger partial charge in [0.2, 0.25) is 0 Å². The van der Waals surface area contributed by atoms with Gasteiger partial charge in [0.1, 0.15) is 0 Å². The smallest absolute Gasteiger partial charge is 0.321 e. The van der Waals surface area contributed by atoms with Gasteiger partial charge in [-0.05, 0) is 32.9 Å². The van der Waals surface area contributed by atoms with Gasteiger partial charge in [0.25, 0.3) is 0 Å². The first-order valence-corrected chi connectivity index (χ1v) is 5.11. The summed E-state index contributed by atoms with van der Waals surface area (Å²) >= 11 is 0. The van der Waals surface area contributed by atoms with Gasteiger partial charge in [0, 0.05) is 18.8 Å². The first-order valence-electron chi connectivity index (χ1n) is 5.11. The Labute approximate surface area is 91.1 Å². The highest BCUT2D eigenvalue weighted by atomic mass is 16.2. The van der Waals surface area contributed by atoms with Crippen LogP contribution in [0.1, 0.15) is 19.4 Å². The summed E-state index contributed by atoms with van der Waals surface area (Å²) in [4.78, 5) is 13.3. The van der Waals surface area contributed by atoms with Gasteiger partial charge < -0.3 is 10.2 Å². The third-order valence-corrected chi connectivity index (χ3v) is 2.40. The number of nitrogens with zero attached hydrogens (tertiary/aromatic N) is 1. The van der Waals surface area contributed by atoms with Crippen LogP contribution in [0.5, 0.6) is 0 Å². The molecule has 0 saturated heterocycles. The number of anilines is 1. The summed E-state index contributed by atoms with van der Waals surface area (Å²) in [5.74, 6) is 0. The number of carbonyl (C=O) groups excluding carboxylic acids is 1. The van der Waals surface area contributed by atoms with E-state index >= 15 is 0 Å². The molecule has 1 aromatic rings. The Balaban J connectivity index is 2.62. The summed E-state index contributed by atoms with van der Waals surface area (Å²) in [6, 6.07) is 7.89. The Hall–Kier alpha value is -1.51. The maximum absolute atomic E-state index is 11.7. The highest BCUT2D eigenvalue weighted by Gasteiger charge is 2.11. The van der Waals surface area contributed by atoms with E-state index in [1.807, 2.05) is 45.0 Å². The Kier molecular flexibility index (Phi) is 3.72. The molecule has 1 rings (SSSR count). The lowest BCUT2D eigenvalue weighted by Crippen LogP contribution is -2.36. The van der Waals surface area contributed by atoms with Gasteiger partial charge in [-0.2, -0.15) is 0 Å². The monoisotopic (exact) mass is 206 g/mol. The fraction of sp³-hybridized carbons (Fsp3) is 0.417. The molecule has 15 heavy (non-hydrogen) atoms. The Morgan fingerprint density at radius 1 is 1.27 bits per heavy atom. The quantitative estimate of drug-likeness (QED) is 0.792. The summed E-state index contributed by atoms with van der Waals surface area (Å²) in [5.41, 5.74) is 2.02. The fourth-order valence-electron chi connectivity index (χ4n) is 1.08. The number of hydrogen-bond donors (Lipinski definition) is 1. The third-order valence-electron chi connectivity index (χ3n) is 2.40. The predicted molar refractivity (Wildman–Crippen MR) is 63.1 cm³/mol. The van der Waals surface area contributed by atoms with Crippen molar-refractivity contribution in [3.8, 4) is 0 Å². The predicted octanol–water partition coefficient (Wildman–Crippen LogP) is 2.87. The van der Waals surface area contributed by atoms with Crippen LogP contribution in [0.25, 0.3) is 0 Å². The molecular formula is C12H18N2O. The summed E-state index contributed by atoms with van der Waals surface area (Å²) < 4.78 is 0. The van der Waals surface area contributed by atoms with Gasteiger partial charge in [0.15, 0.2) is 0 Å². The maximum atomic E-state index is 11.7. The lowest BCUT2D eigenvalue weighted by Gasteiger charge is -2.21. The standard InChI is InChI=1S/C12H18N2O/c1-9(2)14(4)12(15)13-11-7-5-10(3)6-8-11/h5-9H,1-4H3,(H,13,15). The lowest BCUT2D eigenvalue weighted by atomic mass is 10.2. The van der Waals surface area contributed by atoms with Crippen molar-refractivity contribution in [1.82, 2.24) is 4.90 Å². The van der Waals surface area contributed by atoms with Crippen molar-refractivity contribution < 1.29 is 4.79 Å². The molecule has 0 radical (unpaired) electrons. The van der Waals surface area contributed by atoms with Crippen molar-refractivity contribution in [2.75, 3.05) is 12.4 Å². The van der Waals surface area contributed by atoms with E-state index in [1.165, 1.54) is 5.56 Å². The minimum atomic E-state index is -0.0751. The van der Waals surface area contributed by atoms with Crippen LogP contribution in [-0.4, -0.2) is 24.0 Å². The maximum Gasteiger partial charge on any atom is 0.321 e. The number of hydrogen-bond acceptors (Lipinski definition) is 1. The van der Waals surface area contributed by atoms with Gasteiger partial charge in [-0.25, -0.2) is 4.79 Å². The lowest BCUT2D eigenvalue weighted by molar-refractivity contribution is 0.211. The minimum absolute atomic E-state index is 0.0751. The number of nitrogens with one attached hydrogen (secondary N) is 1. The largest absolute Gasteiger partial charge is 0.325 e. The molecule has 0 aliphatic rings. The van der Waals surface area contributed by atoms with E-state index in [0.717, 1.165) is 5.69 Å². The molecule has 0 aliphatic carbocycles. The molecule has 82 valence electrons. The molecule has 2 amide bonds. The summed E-state index contributed by atoms with van der Waals surface area (Å²) in [7, 11) is 1.79. The van der Waals surface area contributed by atoms with Crippen LogP contribution in [0.3, 0.4) is 0 Å². The molecule has 0 aromatic heterocycles. The normalized spacial score (nSPS) is 10.2. The van der Waals surface area contributed by atoms with Crippen LogP contribution in [0.15, 0.2) is 24.3 Å². The van der Waals surface area contributed by atoms with E-state index in [9.17, 15) is 4.79 Å². The van der Waals surface area contributed by atoms with Crippen molar-refractivity contribution in [1.29, 1.82) is 0 Å². The molecule has 1 aromatic carbocycles. The Morgan fingerprint density at radius 3 is 2.27 bits per heavy atom. The van der Waals surface area contributed by atoms with Crippen molar-refractivity contribution in [2.45, 2.75) is 26.8 Å². The van der Waals surface area contributed by atoms with E-state index in [0.29, 0.717) is 0 Å². The van der Waals surface area contributed by atoms with E-state index in [1.54, 1.807) is 11.9 Å². The summed E-state index contributed by atoms with van der Waals surface area (Å²) in [5, 5.41) is 2.84. The summed E-state index contributed by atoms with van der Waals surface area (Å²) in [6.45, 7) is 5.98. The average molecular weight is 206 g/mol. The Bertz CT molecular complexity index is 330. The number of carbonyl (C=O) groups is 1. The molecule has 0 aliphatic heterocycles. The van der Waals surface area contributed by atoms with Gasteiger partial charge in [-0.1, -0.05) is 17.7 Å². The first kappa shape index (κ1) is 11.6. The molecule has 3 heteroatoms. The van der Waals surface area contributed by atoms with Crippen LogP contribution in [0, 0.1) is 6.92 Å². The zero-order chi connectivity index (χ0) is 11.4. The van der Waals surface area contributed by atoms with Gasteiger partial charge >= 0.3 is 6.03 Å². The van der Waals surface area contributed by atoms with Crippen molar-refractivity contribution in [2.24, 2.45) is 0 Å². The number of aryl methyl sites for hydroxylation is 1. The number of rotatable bonds is 2. The zero-order valence-electron chi connectivity index (χ0n) is 9.74. The molecule has 0 heterocycles. The van der Waals surface area contributed by atoms with Gasteiger partial charge in [-0.15, -0.1) is 0 Å². The molecule has 0 fully saturated rings. The zero-order valence-corrected chi connectivity index (χ0v) is 9.74. The minimum Gasteiger partial charge on any atom is -0.325 e. The molecule has 3 nitrogen and oxygen atoms in total. The topological polar surface area (TPSA) is 32.3 Å². The highest BCUT2D eigenvalue weighted by Crippen LogP contribution is 2.09. The number of amides is 2. The van der Waals surface area contributed by atoms with Crippen LogP contribution >= 0.6 is 0 Å². The van der Waals surface area contributed by atoms with Crippen molar-refractivity contribution >= 4 is 11.7 Å². The second-order valence-electron chi connectivity index (χ2n) is 4.00. The number of urea groups is 1. The van der Waals surface area contributed by atoms with Gasteiger partial charge in [-0.3, -0.25) is 0 Å². The molecule has 0 atom stereocenters. The second kappa shape index (κ2) is 4.82. The van der Waals surface area contributed by atoms with E-state index in [4.69, 9.17) is 0 Å². The molecule has 0 unspecified atom stereocenters. The Morgan fingerprint density at radius 2 is 1.80 bits per heavy atom. The van der Waals surface area contributed by atoms with Crippen LogP contribution in [-0.2, 0) is 0 Å². The summed E-state index contributed by atoms with van der Waals surface area (Å²) in [6.07, 6.45) is 0. The van der Waals surface area contributed by atoms with Gasteiger partial charge in [0.05, 0.1) is 0 Å². The molecule has 0 bridgehead atoms. The van der Waals surface area contributed by atoms with Crippen molar-refractivity contribution in [3.63, 3.8) is 0 Å². The molecule has 0 saturated carbocycles. The SMILES string of the molecule is Cc1ccc(NC(=O)N(C)C(C)C)cc1. The third kappa shape index (κ3) is 3.27. The first-order chi connectivity index (χ1) is 7.00. The van der Waals surface area contributed by atoms with E-state index < -0.39 is 0 Å². The average Bonchev–Trinajstić information content (AvgIpc) is 2.20. The van der Waals surface area contributed by atoms with E-state index in [-0.39, 0.29) is 12.1 Å². The van der Waals surface area contributed by atoms with Crippen LogP contribution in [0.2, 0.25) is 0 Å². The number of benzene rings is 1. The molecular weight excluding hydrogens is 188 g/mol. The molecule has 1 N–H and O–H groups in total. The van der Waals surface area contributed by atoms with Crippen molar-refractivity contribution in [3.05, 3.63) is 29.8 Å².